The summed E-state index contributed by atoms with van der Waals surface area (Å²) in [5, 5.41) is 19.1. The Morgan fingerprint density at radius 3 is 2.67 bits per heavy atom. The van der Waals surface area contributed by atoms with Gasteiger partial charge in [0.15, 0.2) is 0 Å². The summed E-state index contributed by atoms with van der Waals surface area (Å²) < 4.78 is 2.71. The first-order valence-electron chi connectivity index (χ1n) is 11.3. The van der Waals surface area contributed by atoms with E-state index in [1.807, 2.05) is 48.0 Å². The smallest absolute Gasteiger partial charge is 0.270 e. The number of fused-ring (bicyclic) bond motifs is 1. The molecule has 0 spiro atoms. The lowest BCUT2D eigenvalue weighted by molar-refractivity contribution is -0.384. The molecule has 0 fully saturated rings. The van der Waals surface area contributed by atoms with Gasteiger partial charge in [-0.3, -0.25) is 10.1 Å². The van der Waals surface area contributed by atoms with E-state index in [9.17, 15) is 10.1 Å². The van der Waals surface area contributed by atoms with Gasteiger partial charge in [-0.2, -0.15) is 5.10 Å². The lowest BCUT2D eigenvalue weighted by Gasteiger charge is -2.05. The monoisotopic (exact) mass is 559 g/mol. The Hall–Kier alpha value is -3.82. The third-order valence-corrected chi connectivity index (χ3v) is 7.12. The highest BCUT2D eigenvalue weighted by Crippen LogP contribution is 2.26. The molecule has 0 unspecified atom stereocenters. The third-order valence-electron chi connectivity index (χ3n) is 5.81. The minimum atomic E-state index is -0.394. The summed E-state index contributed by atoms with van der Waals surface area (Å²) in [5.74, 6) is 0.437. The molecule has 5 aromatic rings. The Balaban J connectivity index is 1.64. The van der Waals surface area contributed by atoms with Crippen LogP contribution in [-0.4, -0.2) is 20.8 Å². The van der Waals surface area contributed by atoms with Gasteiger partial charge >= 0.3 is 0 Å². The quantitative estimate of drug-likeness (QED) is 0.132. The highest BCUT2D eigenvalue weighted by molar-refractivity contribution is 9.10. The normalized spacial score (nSPS) is 12.3. The van der Waals surface area contributed by atoms with E-state index in [1.165, 1.54) is 23.0 Å². The van der Waals surface area contributed by atoms with Crippen molar-refractivity contribution in [3.8, 4) is 11.3 Å². The maximum atomic E-state index is 11.4. The van der Waals surface area contributed by atoms with Crippen molar-refractivity contribution in [1.29, 1.82) is 0 Å². The molecule has 0 saturated heterocycles. The molecule has 0 bridgehead atoms. The second kappa shape index (κ2) is 10.0. The molecule has 3 aromatic carbocycles. The molecule has 36 heavy (non-hydrogen) atoms. The minimum Gasteiger partial charge on any atom is -0.361 e. The molecular weight excluding hydrogens is 538 g/mol. The van der Waals surface area contributed by atoms with Gasteiger partial charge in [-0.25, -0.2) is 9.67 Å². The predicted octanol–water partition coefficient (Wildman–Crippen LogP) is 7.61. The number of rotatable bonds is 6. The first-order chi connectivity index (χ1) is 17.4. The van der Waals surface area contributed by atoms with E-state index in [2.05, 4.69) is 46.9 Å². The van der Waals surface area contributed by atoms with E-state index in [0.29, 0.717) is 16.3 Å². The Morgan fingerprint density at radius 1 is 1.11 bits per heavy atom. The van der Waals surface area contributed by atoms with Crippen LogP contribution in [0.2, 0.25) is 0 Å². The van der Waals surface area contributed by atoms with Crippen molar-refractivity contribution in [2.24, 2.45) is 10.1 Å². The number of hydrogen-bond acceptors (Lipinski definition) is 5. The Kier molecular flexibility index (Phi) is 6.67. The van der Waals surface area contributed by atoms with E-state index in [-0.39, 0.29) is 5.69 Å². The van der Waals surface area contributed by atoms with Crippen molar-refractivity contribution in [2.45, 2.75) is 19.8 Å². The standard InChI is InChI=1S/C27H22BrN5O2S/c1-17(2)18-6-9-22(10-7-18)31-27-32(26(16-36-27)19-4-3-5-23(12-19)33(34)35)30-15-20-14-29-25-11-8-21(28)13-24(20)25/h3-17,29H,1-2H3. The summed E-state index contributed by atoms with van der Waals surface area (Å²) in [6.45, 7) is 4.31. The lowest BCUT2D eigenvalue weighted by Crippen LogP contribution is -2.11. The summed E-state index contributed by atoms with van der Waals surface area (Å²) in [4.78, 5) is 19.7. The SMILES string of the molecule is CC(C)c1ccc(N=c2scc(-c3cccc([N+](=O)[O-])c3)n2N=Cc2c[nH]c3ccc(Br)cc23)cc1. The number of hydrogen-bond donors (Lipinski definition) is 1. The topological polar surface area (TPSA) is 88.6 Å². The van der Waals surface area contributed by atoms with Gasteiger partial charge in [0.05, 0.1) is 22.5 Å². The Bertz CT molecular complexity index is 1660. The summed E-state index contributed by atoms with van der Waals surface area (Å²) in [5.41, 5.74) is 5.42. The number of H-pyrrole nitrogens is 1. The fraction of sp³-hybridized carbons (Fsp3) is 0.111. The third kappa shape index (κ3) is 4.93. The Labute approximate surface area is 219 Å². The largest absolute Gasteiger partial charge is 0.361 e. The van der Waals surface area contributed by atoms with Crippen molar-refractivity contribution in [3.63, 3.8) is 0 Å². The van der Waals surface area contributed by atoms with Crippen molar-refractivity contribution in [1.82, 2.24) is 9.66 Å². The number of aromatic nitrogens is 2. The fourth-order valence-corrected chi connectivity index (χ4v) is 5.07. The molecule has 0 aliphatic carbocycles. The Morgan fingerprint density at radius 2 is 1.92 bits per heavy atom. The molecule has 0 aliphatic rings. The van der Waals surface area contributed by atoms with Crippen LogP contribution >= 0.6 is 27.3 Å². The number of nitro benzene ring substituents is 1. The number of thiazole rings is 1. The highest BCUT2D eigenvalue weighted by atomic mass is 79.9. The van der Waals surface area contributed by atoms with Crippen LogP contribution in [0.4, 0.5) is 11.4 Å². The lowest BCUT2D eigenvalue weighted by atomic mass is 10.0. The van der Waals surface area contributed by atoms with Crippen molar-refractivity contribution in [2.75, 3.05) is 0 Å². The number of benzene rings is 3. The molecule has 2 heterocycles. The number of nitro groups is 1. The zero-order valence-electron chi connectivity index (χ0n) is 19.6. The van der Waals surface area contributed by atoms with Gasteiger partial charge in [-0.1, -0.05) is 54.0 Å². The first-order valence-corrected chi connectivity index (χ1v) is 13.0. The molecule has 0 amide bonds. The van der Waals surface area contributed by atoms with Crippen LogP contribution in [0.3, 0.4) is 0 Å². The van der Waals surface area contributed by atoms with Crippen LogP contribution < -0.4 is 4.80 Å². The number of non-ortho nitro benzene ring substituents is 1. The average molecular weight is 560 g/mol. The molecular formula is C27H22BrN5O2S. The van der Waals surface area contributed by atoms with Crippen LogP contribution in [0.5, 0.6) is 0 Å². The van der Waals surface area contributed by atoms with Crippen LogP contribution in [0, 0.1) is 10.1 Å². The predicted molar refractivity (Wildman–Crippen MR) is 149 cm³/mol. The molecule has 0 atom stereocenters. The van der Waals surface area contributed by atoms with Gasteiger partial charge in [0.25, 0.3) is 5.69 Å². The second-order valence-electron chi connectivity index (χ2n) is 8.56. The van der Waals surface area contributed by atoms with Gasteiger partial charge < -0.3 is 4.98 Å². The molecule has 1 N–H and O–H groups in total. The number of nitrogens with zero attached hydrogens (tertiary/aromatic N) is 4. The van der Waals surface area contributed by atoms with Gasteiger partial charge in [-0.15, -0.1) is 11.3 Å². The summed E-state index contributed by atoms with van der Waals surface area (Å²) in [6, 6.07) is 20.7. The summed E-state index contributed by atoms with van der Waals surface area (Å²) in [6.07, 6.45) is 3.68. The fourth-order valence-electron chi connectivity index (χ4n) is 3.85. The average Bonchev–Trinajstić information content (AvgIpc) is 3.46. The number of nitrogens with one attached hydrogen (secondary N) is 1. The van der Waals surface area contributed by atoms with Crippen LogP contribution in [0.15, 0.2) is 92.9 Å². The van der Waals surface area contributed by atoms with Crippen molar-refractivity contribution < 1.29 is 4.92 Å². The molecule has 0 radical (unpaired) electrons. The number of halogens is 1. The van der Waals surface area contributed by atoms with Crippen molar-refractivity contribution in [3.05, 3.63) is 109 Å². The van der Waals surface area contributed by atoms with E-state index in [1.54, 1.807) is 23.0 Å². The van der Waals surface area contributed by atoms with Crippen LogP contribution in [-0.2, 0) is 0 Å². The second-order valence-corrected chi connectivity index (χ2v) is 10.3. The van der Waals surface area contributed by atoms with Gasteiger partial charge in [-0.05, 0) is 41.8 Å². The maximum absolute atomic E-state index is 11.4. The van der Waals surface area contributed by atoms with Crippen LogP contribution in [0.25, 0.3) is 22.2 Å². The van der Waals surface area contributed by atoms with E-state index < -0.39 is 4.92 Å². The van der Waals surface area contributed by atoms with E-state index in [0.717, 1.165) is 32.3 Å². The minimum absolute atomic E-state index is 0.0264. The number of aromatic amines is 1. The van der Waals surface area contributed by atoms with Crippen LogP contribution in [0.1, 0.15) is 30.9 Å². The molecule has 2 aromatic heterocycles. The van der Waals surface area contributed by atoms with E-state index >= 15 is 0 Å². The zero-order valence-corrected chi connectivity index (χ0v) is 22.0. The molecule has 9 heteroatoms. The first kappa shape index (κ1) is 23.9. The molecule has 5 rings (SSSR count). The zero-order chi connectivity index (χ0) is 25.2. The summed E-state index contributed by atoms with van der Waals surface area (Å²) >= 11 is 4.96. The molecule has 180 valence electrons. The van der Waals surface area contributed by atoms with Gasteiger partial charge in [0, 0.05) is 50.2 Å². The van der Waals surface area contributed by atoms with Gasteiger partial charge in [0.1, 0.15) is 0 Å². The molecule has 7 nitrogen and oxygen atoms in total. The molecule has 0 aliphatic heterocycles. The summed E-state index contributed by atoms with van der Waals surface area (Å²) in [7, 11) is 0. The maximum Gasteiger partial charge on any atom is 0.270 e. The van der Waals surface area contributed by atoms with Gasteiger partial charge in [0.2, 0.25) is 4.80 Å². The highest BCUT2D eigenvalue weighted by Gasteiger charge is 2.13. The van der Waals surface area contributed by atoms with E-state index in [4.69, 9.17) is 10.1 Å². The molecule has 0 saturated carbocycles. The van der Waals surface area contributed by atoms with Crippen molar-refractivity contribution >= 4 is 55.8 Å².